The molecule has 0 amide bonds. The molecule has 28 heavy (non-hydrogen) atoms. The van der Waals surface area contributed by atoms with Gasteiger partial charge in [0.1, 0.15) is 11.3 Å². The van der Waals surface area contributed by atoms with Crippen molar-refractivity contribution >= 4 is 16.8 Å². The van der Waals surface area contributed by atoms with E-state index in [9.17, 15) is 4.79 Å². The third kappa shape index (κ3) is 4.61. The summed E-state index contributed by atoms with van der Waals surface area (Å²) < 4.78 is 10.9. The quantitative estimate of drug-likeness (QED) is 0.532. The van der Waals surface area contributed by atoms with Gasteiger partial charge in [0.15, 0.2) is 5.76 Å². The molecule has 3 rings (SSSR count). The van der Waals surface area contributed by atoms with Gasteiger partial charge in [0, 0.05) is 18.0 Å². The smallest absolute Gasteiger partial charge is 0.211 e. The second kappa shape index (κ2) is 9.53. The van der Waals surface area contributed by atoms with Crippen molar-refractivity contribution < 1.29 is 13.9 Å². The fourth-order valence-electron chi connectivity index (χ4n) is 3.48. The van der Waals surface area contributed by atoms with Crippen LogP contribution in [0.15, 0.2) is 59.0 Å². The van der Waals surface area contributed by atoms with Crippen LogP contribution in [0, 0.1) is 0 Å². The first kappa shape index (κ1) is 20.1. The highest BCUT2D eigenvalue weighted by Crippen LogP contribution is 2.23. The van der Waals surface area contributed by atoms with Gasteiger partial charge < -0.3 is 14.5 Å². The Morgan fingerprint density at radius 2 is 1.82 bits per heavy atom. The highest BCUT2D eigenvalue weighted by atomic mass is 16.5. The number of ketones is 1. The predicted molar refractivity (Wildman–Crippen MR) is 112 cm³/mol. The molecule has 3 aromatic rings. The molecule has 0 radical (unpaired) electrons. The van der Waals surface area contributed by atoms with E-state index in [1.807, 2.05) is 42.5 Å². The van der Waals surface area contributed by atoms with Crippen LogP contribution in [0.1, 0.15) is 36.0 Å². The summed E-state index contributed by atoms with van der Waals surface area (Å²) in [5.74, 6) is 1.21. The number of rotatable bonds is 10. The third-order valence-corrected chi connectivity index (χ3v) is 5.08. The lowest BCUT2D eigenvalue weighted by Crippen LogP contribution is -2.37. The molecule has 1 atom stereocenters. The molecular formula is C23H28N2O3. The maximum atomic E-state index is 12.5. The molecule has 0 bridgehead atoms. The Kier molecular flexibility index (Phi) is 6.85. The number of nitrogens with one attached hydrogen (secondary N) is 1. The zero-order chi connectivity index (χ0) is 19.9. The van der Waals surface area contributed by atoms with E-state index >= 15 is 0 Å². The van der Waals surface area contributed by atoms with Crippen LogP contribution in [0.25, 0.3) is 11.0 Å². The van der Waals surface area contributed by atoms with Gasteiger partial charge in [-0.25, -0.2) is 0 Å². The van der Waals surface area contributed by atoms with Crippen LogP contribution < -0.4 is 10.1 Å². The summed E-state index contributed by atoms with van der Waals surface area (Å²) in [6.07, 6.45) is 0. The second-order valence-electron chi connectivity index (χ2n) is 6.71. The van der Waals surface area contributed by atoms with Crippen molar-refractivity contribution in [2.24, 2.45) is 0 Å². The number of para-hydroxylation sites is 1. The van der Waals surface area contributed by atoms with E-state index in [4.69, 9.17) is 9.15 Å². The number of ether oxygens (including phenoxy) is 1. The van der Waals surface area contributed by atoms with Gasteiger partial charge in [-0.2, -0.15) is 0 Å². The minimum absolute atomic E-state index is 0.0378. The Labute approximate surface area is 166 Å². The number of carbonyl (C=O) groups is 1. The van der Waals surface area contributed by atoms with Gasteiger partial charge in [-0.3, -0.25) is 9.69 Å². The van der Waals surface area contributed by atoms with Gasteiger partial charge in [-0.1, -0.05) is 44.2 Å². The molecule has 0 saturated carbocycles. The fraction of sp³-hybridized carbons (Fsp3) is 0.348. The molecular weight excluding hydrogens is 352 g/mol. The lowest BCUT2D eigenvalue weighted by Gasteiger charge is -2.30. The summed E-state index contributed by atoms with van der Waals surface area (Å²) in [7, 11) is 1.67. The highest BCUT2D eigenvalue weighted by Gasteiger charge is 2.19. The molecule has 148 valence electrons. The van der Waals surface area contributed by atoms with Gasteiger partial charge in [-0.05, 0) is 42.9 Å². The molecule has 1 aromatic heterocycles. The zero-order valence-corrected chi connectivity index (χ0v) is 16.8. The predicted octanol–water partition coefficient (Wildman–Crippen LogP) is 4.30. The van der Waals surface area contributed by atoms with Crippen LogP contribution in [-0.2, 0) is 0 Å². The number of hydrogen-bond donors (Lipinski definition) is 1. The van der Waals surface area contributed by atoms with Crippen molar-refractivity contribution in [1.29, 1.82) is 0 Å². The molecule has 0 aliphatic carbocycles. The normalized spacial score (nSPS) is 12.4. The van der Waals surface area contributed by atoms with Crippen LogP contribution in [0.3, 0.4) is 0 Å². The van der Waals surface area contributed by atoms with Crippen LogP contribution in [0.5, 0.6) is 5.75 Å². The van der Waals surface area contributed by atoms with Crippen molar-refractivity contribution in [3.63, 3.8) is 0 Å². The molecule has 1 heterocycles. The summed E-state index contributed by atoms with van der Waals surface area (Å²) in [6, 6.07) is 17.8. The van der Waals surface area contributed by atoms with Crippen LogP contribution in [0.2, 0.25) is 0 Å². The Morgan fingerprint density at radius 1 is 1.11 bits per heavy atom. The molecule has 1 unspecified atom stereocenters. The van der Waals surface area contributed by atoms with Crippen LogP contribution in [-0.4, -0.2) is 44.0 Å². The molecule has 2 aromatic carbocycles. The van der Waals surface area contributed by atoms with E-state index in [1.54, 1.807) is 7.11 Å². The van der Waals surface area contributed by atoms with Gasteiger partial charge in [0.05, 0.1) is 13.7 Å². The average Bonchev–Trinajstić information content (AvgIpc) is 3.18. The van der Waals surface area contributed by atoms with Crippen LogP contribution in [0.4, 0.5) is 0 Å². The minimum atomic E-state index is -0.0378. The third-order valence-electron chi connectivity index (χ3n) is 5.08. The molecule has 0 saturated heterocycles. The molecule has 5 nitrogen and oxygen atoms in total. The van der Waals surface area contributed by atoms with Gasteiger partial charge >= 0.3 is 0 Å². The van der Waals surface area contributed by atoms with Crippen LogP contribution >= 0.6 is 0 Å². The number of hydrogen-bond acceptors (Lipinski definition) is 5. The first-order valence-corrected chi connectivity index (χ1v) is 9.76. The Morgan fingerprint density at radius 3 is 2.46 bits per heavy atom. The summed E-state index contributed by atoms with van der Waals surface area (Å²) in [5.41, 5.74) is 1.94. The van der Waals surface area contributed by atoms with Crippen molar-refractivity contribution in [2.45, 2.75) is 19.9 Å². The average molecular weight is 380 g/mol. The lowest BCUT2D eigenvalue weighted by molar-refractivity contribution is 0.0962. The molecule has 0 spiro atoms. The van der Waals surface area contributed by atoms with Crippen molar-refractivity contribution in [1.82, 2.24) is 10.2 Å². The number of nitrogens with zero attached hydrogens (tertiary/aromatic N) is 1. The van der Waals surface area contributed by atoms with Gasteiger partial charge in [-0.15, -0.1) is 0 Å². The Hall–Kier alpha value is -2.63. The maximum Gasteiger partial charge on any atom is 0.211 e. The van der Waals surface area contributed by atoms with E-state index in [-0.39, 0.29) is 18.4 Å². The Bertz CT molecular complexity index is 865. The summed E-state index contributed by atoms with van der Waals surface area (Å²) >= 11 is 0. The number of carbonyl (C=O) groups excluding carboxylic acids is 1. The fourth-order valence-corrected chi connectivity index (χ4v) is 3.48. The highest BCUT2D eigenvalue weighted by molar-refractivity contribution is 5.98. The number of furan rings is 1. The standard InChI is InChI=1S/C23H28N2O3/c1-4-25(5-2)20(17-10-12-19(27-3)13-11-17)15-24-16-21(26)23-14-18-8-6-7-9-22(18)28-23/h6-14,20,24H,4-5,15-16H2,1-3H3. The molecule has 0 fully saturated rings. The number of methoxy groups -OCH3 is 1. The number of benzene rings is 2. The van der Waals surface area contributed by atoms with Crippen molar-refractivity contribution in [2.75, 3.05) is 33.3 Å². The van der Waals surface area contributed by atoms with Gasteiger partial charge in [0.2, 0.25) is 5.78 Å². The molecule has 1 N–H and O–H groups in total. The SMILES string of the molecule is CCN(CC)C(CNCC(=O)c1cc2ccccc2o1)c1ccc(OC)cc1. The largest absolute Gasteiger partial charge is 0.497 e. The second-order valence-corrected chi connectivity index (χ2v) is 6.71. The van der Waals surface area contributed by atoms with E-state index in [0.717, 1.165) is 29.8 Å². The van der Waals surface area contributed by atoms with Crippen molar-refractivity contribution in [3.8, 4) is 5.75 Å². The zero-order valence-electron chi connectivity index (χ0n) is 16.8. The molecule has 5 heteroatoms. The van der Waals surface area contributed by atoms with E-state index < -0.39 is 0 Å². The molecule has 0 aliphatic rings. The van der Waals surface area contributed by atoms with E-state index in [1.165, 1.54) is 5.56 Å². The first-order valence-electron chi connectivity index (χ1n) is 9.76. The lowest BCUT2D eigenvalue weighted by atomic mass is 10.0. The summed E-state index contributed by atoms with van der Waals surface area (Å²) in [5, 5.41) is 4.27. The summed E-state index contributed by atoms with van der Waals surface area (Å²) in [6.45, 7) is 7.10. The van der Waals surface area contributed by atoms with E-state index in [2.05, 4.69) is 36.2 Å². The van der Waals surface area contributed by atoms with E-state index in [0.29, 0.717) is 12.3 Å². The van der Waals surface area contributed by atoms with Crippen molar-refractivity contribution in [3.05, 3.63) is 65.9 Å². The number of fused-ring (bicyclic) bond motifs is 1. The number of Topliss-reactive ketones (excluding diaryl/α,β-unsaturated/α-hetero) is 1. The van der Waals surface area contributed by atoms with Gasteiger partial charge in [0.25, 0.3) is 0 Å². The number of likely N-dealkylation sites (N-methyl/N-ethyl adjacent to an activating group) is 1. The maximum absolute atomic E-state index is 12.5. The summed E-state index contributed by atoms with van der Waals surface area (Å²) in [4.78, 5) is 14.9. The minimum Gasteiger partial charge on any atom is -0.497 e. The molecule has 0 aliphatic heterocycles. The topological polar surface area (TPSA) is 54.7 Å². The monoisotopic (exact) mass is 380 g/mol. The Balaban J connectivity index is 1.66. The first-order chi connectivity index (χ1) is 13.7.